The molecule has 2 saturated carbocycles. The molecule has 2 fully saturated rings. The monoisotopic (exact) mass is 510 g/mol. The van der Waals surface area contributed by atoms with Crippen molar-refractivity contribution in [3.63, 3.8) is 0 Å². The first-order valence-electron chi connectivity index (χ1n) is 11.6. The predicted octanol–water partition coefficient (Wildman–Crippen LogP) is 4.54. The van der Waals surface area contributed by atoms with Crippen LogP contribution in [0.15, 0.2) is 53.0 Å². The fourth-order valence-corrected chi connectivity index (χ4v) is 6.16. The minimum atomic E-state index is -1.54. The molecule has 1 heterocycles. The molecule has 0 amide bonds. The largest absolute Gasteiger partial charge is 0.480 e. The Hall–Kier alpha value is -2.51. The summed E-state index contributed by atoms with van der Waals surface area (Å²) in [5.41, 5.74) is 0.578. The third-order valence-corrected chi connectivity index (χ3v) is 7.86. The van der Waals surface area contributed by atoms with Gasteiger partial charge in [-0.3, -0.25) is 19.7 Å². The third-order valence-electron chi connectivity index (χ3n) is 7.37. The van der Waals surface area contributed by atoms with Crippen molar-refractivity contribution in [2.24, 2.45) is 5.92 Å². The summed E-state index contributed by atoms with van der Waals surface area (Å²) < 4.78 is 0.697. The van der Waals surface area contributed by atoms with E-state index in [2.05, 4.69) is 26.6 Å². The van der Waals surface area contributed by atoms with Gasteiger partial charge in [-0.25, -0.2) is 0 Å². The number of aliphatic carboxylic acids is 1. The van der Waals surface area contributed by atoms with E-state index in [4.69, 9.17) is 0 Å². The van der Waals surface area contributed by atoms with Crippen LogP contribution < -0.4 is 10.6 Å². The molecule has 1 aliphatic heterocycles. The number of carboxylic acid groups (broad SMARTS) is 1. The standard InChI is InChI=1S/C26H27BrN2O4/c27-16-6-3-5-15(13-16)24(31)22(30)14-26(25(32)33,29-17-11-12-17)23-18-7-1-2-9-20(18)28-21-10-4-8-19(21)23/h1-3,5-7,9,13,17,19,21,23,28-29H,4,8,10-12,14H2,(H,32,33)/t19-,21+,23?,26?/m0/s1. The van der Waals surface area contributed by atoms with Gasteiger partial charge >= 0.3 is 5.97 Å². The molecule has 0 radical (unpaired) electrons. The van der Waals surface area contributed by atoms with Crippen LogP contribution in [0.4, 0.5) is 5.69 Å². The zero-order chi connectivity index (χ0) is 23.2. The molecule has 2 aliphatic carbocycles. The van der Waals surface area contributed by atoms with Crippen molar-refractivity contribution in [3.05, 3.63) is 64.1 Å². The Kier molecular flexibility index (Phi) is 5.87. The average Bonchev–Trinajstić information content (AvgIpc) is 3.49. The smallest absolute Gasteiger partial charge is 0.325 e. The summed E-state index contributed by atoms with van der Waals surface area (Å²) in [6.45, 7) is 0. The van der Waals surface area contributed by atoms with Crippen molar-refractivity contribution < 1.29 is 19.5 Å². The summed E-state index contributed by atoms with van der Waals surface area (Å²) in [6.07, 6.45) is 4.27. The van der Waals surface area contributed by atoms with Crippen LogP contribution in [-0.4, -0.2) is 40.3 Å². The lowest BCUT2D eigenvalue weighted by molar-refractivity contribution is -0.149. The first kappa shape index (κ1) is 22.3. The van der Waals surface area contributed by atoms with Crippen LogP contribution in [0.3, 0.4) is 0 Å². The molecule has 2 unspecified atom stereocenters. The molecule has 2 aromatic carbocycles. The number of hydrogen-bond acceptors (Lipinski definition) is 5. The number of para-hydroxylation sites is 1. The fourth-order valence-electron chi connectivity index (χ4n) is 5.77. The maximum Gasteiger partial charge on any atom is 0.325 e. The van der Waals surface area contributed by atoms with E-state index in [1.165, 1.54) is 0 Å². The molecular formula is C26H27BrN2O4. The predicted molar refractivity (Wildman–Crippen MR) is 129 cm³/mol. The summed E-state index contributed by atoms with van der Waals surface area (Å²) in [5, 5.41) is 17.7. The van der Waals surface area contributed by atoms with Crippen molar-refractivity contribution in [1.29, 1.82) is 0 Å². The number of benzene rings is 2. The van der Waals surface area contributed by atoms with Crippen LogP contribution in [0.5, 0.6) is 0 Å². The molecule has 0 saturated heterocycles. The van der Waals surface area contributed by atoms with Gasteiger partial charge in [-0.2, -0.15) is 0 Å². The Bertz CT molecular complexity index is 1110. The second-order valence-electron chi connectivity index (χ2n) is 9.55. The zero-order valence-electron chi connectivity index (χ0n) is 18.2. The van der Waals surface area contributed by atoms with Gasteiger partial charge in [0.15, 0.2) is 0 Å². The van der Waals surface area contributed by atoms with Crippen LogP contribution in [0.25, 0.3) is 0 Å². The van der Waals surface area contributed by atoms with Crippen molar-refractivity contribution >= 4 is 39.2 Å². The normalized spacial score (nSPS) is 25.3. The highest BCUT2D eigenvalue weighted by Crippen LogP contribution is 2.52. The van der Waals surface area contributed by atoms with Gasteiger partial charge in [0.25, 0.3) is 0 Å². The second kappa shape index (κ2) is 8.69. The molecule has 0 aromatic heterocycles. The molecule has 2 aromatic rings. The van der Waals surface area contributed by atoms with Gasteiger partial charge in [-0.1, -0.05) is 52.7 Å². The lowest BCUT2D eigenvalue weighted by Gasteiger charge is -2.46. The van der Waals surface area contributed by atoms with Crippen LogP contribution in [-0.2, 0) is 9.59 Å². The molecule has 0 spiro atoms. The second-order valence-corrected chi connectivity index (χ2v) is 10.5. The SMILES string of the molecule is O=C(CC(NC1CC1)(C(=O)O)C1c2ccccc2N[C@@H]2CCC[C@H]12)C(=O)c1cccc(Br)c1. The minimum Gasteiger partial charge on any atom is -0.480 e. The first-order chi connectivity index (χ1) is 15.9. The molecule has 5 rings (SSSR count). The third kappa shape index (κ3) is 4.13. The van der Waals surface area contributed by atoms with Crippen molar-refractivity contribution in [3.8, 4) is 0 Å². The Balaban J connectivity index is 1.57. The zero-order valence-corrected chi connectivity index (χ0v) is 19.8. The van der Waals surface area contributed by atoms with E-state index in [9.17, 15) is 19.5 Å². The van der Waals surface area contributed by atoms with E-state index < -0.39 is 29.0 Å². The lowest BCUT2D eigenvalue weighted by atomic mass is 9.65. The number of carboxylic acids is 1. The number of halogens is 1. The van der Waals surface area contributed by atoms with Crippen molar-refractivity contribution in [2.45, 2.75) is 62.1 Å². The Labute approximate surface area is 201 Å². The minimum absolute atomic E-state index is 0.0526. The van der Waals surface area contributed by atoms with Crippen LogP contribution in [0, 0.1) is 5.92 Å². The molecule has 3 N–H and O–H groups in total. The van der Waals surface area contributed by atoms with Gasteiger partial charge in [-0.15, -0.1) is 0 Å². The topological polar surface area (TPSA) is 95.5 Å². The quantitative estimate of drug-likeness (QED) is 0.356. The number of rotatable bonds is 8. The van der Waals surface area contributed by atoms with Crippen LogP contribution in [0.1, 0.15) is 60.4 Å². The first-order valence-corrected chi connectivity index (χ1v) is 12.4. The van der Waals surface area contributed by atoms with Crippen molar-refractivity contribution in [2.75, 3.05) is 5.32 Å². The Morgan fingerprint density at radius 3 is 2.58 bits per heavy atom. The van der Waals surface area contributed by atoms with Gasteiger partial charge in [0.1, 0.15) is 5.54 Å². The number of nitrogens with one attached hydrogen (secondary N) is 2. The summed E-state index contributed by atoms with van der Waals surface area (Å²) >= 11 is 3.34. The Morgan fingerprint density at radius 1 is 1.06 bits per heavy atom. The summed E-state index contributed by atoms with van der Waals surface area (Å²) in [7, 11) is 0. The summed E-state index contributed by atoms with van der Waals surface area (Å²) in [6, 6.07) is 14.7. The maximum absolute atomic E-state index is 13.3. The van der Waals surface area contributed by atoms with Gasteiger partial charge in [0, 0.05) is 40.1 Å². The lowest BCUT2D eigenvalue weighted by Crippen LogP contribution is -2.62. The Morgan fingerprint density at radius 2 is 1.85 bits per heavy atom. The molecule has 33 heavy (non-hydrogen) atoms. The van der Waals surface area contributed by atoms with Crippen LogP contribution in [0.2, 0.25) is 0 Å². The summed E-state index contributed by atoms with van der Waals surface area (Å²) in [5.74, 6) is -2.70. The molecule has 7 heteroatoms. The van der Waals surface area contributed by atoms with E-state index in [0.717, 1.165) is 43.4 Å². The summed E-state index contributed by atoms with van der Waals surface area (Å²) in [4.78, 5) is 39.5. The van der Waals surface area contributed by atoms with E-state index in [1.54, 1.807) is 24.3 Å². The maximum atomic E-state index is 13.3. The molecule has 6 nitrogen and oxygen atoms in total. The van der Waals surface area contributed by atoms with Crippen LogP contribution >= 0.6 is 15.9 Å². The van der Waals surface area contributed by atoms with Gasteiger partial charge in [0.05, 0.1) is 0 Å². The highest BCUT2D eigenvalue weighted by atomic mass is 79.9. The highest BCUT2D eigenvalue weighted by molar-refractivity contribution is 9.10. The number of ketones is 2. The average molecular weight is 511 g/mol. The number of fused-ring (bicyclic) bond motifs is 2. The van der Waals surface area contributed by atoms with E-state index in [-0.39, 0.29) is 30.0 Å². The molecule has 4 atom stereocenters. The molecule has 3 aliphatic rings. The van der Waals surface area contributed by atoms with Gasteiger partial charge in [-0.05, 0) is 55.4 Å². The van der Waals surface area contributed by atoms with E-state index in [1.807, 2.05) is 24.3 Å². The fraction of sp³-hybridized carbons (Fsp3) is 0.423. The number of anilines is 1. The van der Waals surface area contributed by atoms with Gasteiger partial charge < -0.3 is 10.4 Å². The van der Waals surface area contributed by atoms with Gasteiger partial charge in [0.2, 0.25) is 11.6 Å². The molecule has 172 valence electrons. The van der Waals surface area contributed by atoms with Crippen molar-refractivity contribution in [1.82, 2.24) is 5.32 Å². The van der Waals surface area contributed by atoms with E-state index >= 15 is 0 Å². The number of carbonyl (C=O) groups excluding carboxylic acids is 2. The molecule has 0 bridgehead atoms. The number of carbonyl (C=O) groups is 3. The number of Topliss-reactive ketones (excluding diaryl/α,β-unsaturated/α-hetero) is 2. The number of hydrogen-bond donors (Lipinski definition) is 3. The highest BCUT2D eigenvalue weighted by Gasteiger charge is 2.57. The van der Waals surface area contributed by atoms with E-state index in [0.29, 0.717) is 4.47 Å². The molecular weight excluding hydrogens is 484 g/mol.